The summed E-state index contributed by atoms with van der Waals surface area (Å²) < 4.78 is 11.2. The highest BCUT2D eigenvalue weighted by atomic mass is 16.6. The van der Waals surface area contributed by atoms with Gasteiger partial charge in [0, 0.05) is 57.4 Å². The molecule has 0 radical (unpaired) electrons. The lowest BCUT2D eigenvalue weighted by molar-refractivity contribution is -0.137. The molecule has 2 saturated heterocycles. The number of rotatable bonds is 4. The minimum absolute atomic E-state index is 0.0155. The van der Waals surface area contributed by atoms with Crippen molar-refractivity contribution in [1.29, 1.82) is 0 Å². The second kappa shape index (κ2) is 8.82. The van der Waals surface area contributed by atoms with Crippen LogP contribution in [0, 0.1) is 12.8 Å². The van der Waals surface area contributed by atoms with Crippen LogP contribution in [0.3, 0.4) is 0 Å². The van der Waals surface area contributed by atoms with Gasteiger partial charge in [0.25, 0.3) is 0 Å². The number of aryl methyl sites for hydroxylation is 1. The summed E-state index contributed by atoms with van der Waals surface area (Å²) in [4.78, 5) is 31.9. The number of piperazine rings is 1. The Morgan fingerprint density at radius 3 is 2.53 bits per heavy atom. The maximum atomic E-state index is 13.2. The van der Waals surface area contributed by atoms with Crippen LogP contribution in [0.5, 0.6) is 11.5 Å². The number of carbonyl (C=O) groups is 2. The molecule has 3 aliphatic rings. The van der Waals surface area contributed by atoms with Crippen LogP contribution in [-0.4, -0.2) is 67.6 Å². The predicted molar refractivity (Wildman–Crippen MR) is 121 cm³/mol. The van der Waals surface area contributed by atoms with E-state index < -0.39 is 0 Å². The van der Waals surface area contributed by atoms with Crippen LogP contribution < -0.4 is 14.4 Å². The first-order valence-corrected chi connectivity index (χ1v) is 11.3. The van der Waals surface area contributed by atoms with Crippen LogP contribution in [0.15, 0.2) is 42.5 Å². The average Bonchev–Trinajstić information content (AvgIpc) is 3.22. The van der Waals surface area contributed by atoms with Gasteiger partial charge in [-0.2, -0.15) is 0 Å². The molecule has 2 aromatic rings. The zero-order valence-electron chi connectivity index (χ0n) is 18.5. The number of hydrogen-bond acceptors (Lipinski definition) is 5. The van der Waals surface area contributed by atoms with Gasteiger partial charge in [-0.25, -0.2) is 0 Å². The third kappa shape index (κ3) is 4.17. The Kier molecular flexibility index (Phi) is 5.74. The number of carbonyl (C=O) groups excluding carboxylic acids is 2. The minimum Gasteiger partial charge on any atom is -0.486 e. The van der Waals surface area contributed by atoms with Crippen molar-refractivity contribution in [3.8, 4) is 11.5 Å². The van der Waals surface area contributed by atoms with E-state index in [1.165, 1.54) is 11.1 Å². The van der Waals surface area contributed by atoms with E-state index in [4.69, 9.17) is 9.47 Å². The third-order valence-electron chi connectivity index (χ3n) is 6.65. The van der Waals surface area contributed by atoms with Gasteiger partial charge in [0.2, 0.25) is 11.8 Å². The molecule has 0 bridgehead atoms. The summed E-state index contributed by atoms with van der Waals surface area (Å²) in [6.45, 7) is 7.62. The molecule has 3 aliphatic heterocycles. The van der Waals surface area contributed by atoms with Crippen LogP contribution in [0.25, 0.3) is 0 Å². The monoisotopic (exact) mass is 435 g/mol. The first kappa shape index (κ1) is 20.8. The Labute approximate surface area is 188 Å². The van der Waals surface area contributed by atoms with Crippen molar-refractivity contribution in [2.45, 2.75) is 19.9 Å². The van der Waals surface area contributed by atoms with E-state index in [1.54, 1.807) is 4.90 Å². The fourth-order valence-corrected chi connectivity index (χ4v) is 4.74. The Hall–Kier alpha value is -3.06. The summed E-state index contributed by atoms with van der Waals surface area (Å²) in [7, 11) is 0. The van der Waals surface area contributed by atoms with Crippen molar-refractivity contribution in [3.63, 3.8) is 0 Å². The Morgan fingerprint density at radius 2 is 1.75 bits per heavy atom. The first-order chi connectivity index (χ1) is 15.6. The van der Waals surface area contributed by atoms with Gasteiger partial charge >= 0.3 is 0 Å². The molecule has 2 aromatic carbocycles. The van der Waals surface area contributed by atoms with Gasteiger partial charge in [0.1, 0.15) is 13.2 Å². The van der Waals surface area contributed by atoms with Gasteiger partial charge in [-0.3, -0.25) is 14.5 Å². The van der Waals surface area contributed by atoms with E-state index in [9.17, 15) is 9.59 Å². The fraction of sp³-hybridized carbons (Fsp3) is 0.440. The molecule has 32 heavy (non-hydrogen) atoms. The average molecular weight is 436 g/mol. The molecule has 0 aromatic heterocycles. The van der Waals surface area contributed by atoms with Crippen molar-refractivity contribution in [3.05, 3.63) is 53.6 Å². The fourth-order valence-electron chi connectivity index (χ4n) is 4.74. The number of nitrogens with zero attached hydrogens (tertiary/aromatic N) is 3. The van der Waals surface area contributed by atoms with Crippen molar-refractivity contribution < 1.29 is 19.1 Å². The van der Waals surface area contributed by atoms with Crippen LogP contribution in [-0.2, 0) is 16.1 Å². The summed E-state index contributed by atoms with van der Waals surface area (Å²) in [5.74, 6) is 1.13. The highest BCUT2D eigenvalue weighted by Gasteiger charge is 2.38. The second-order valence-corrected chi connectivity index (χ2v) is 8.76. The molecule has 7 heteroatoms. The van der Waals surface area contributed by atoms with E-state index in [2.05, 4.69) is 36.1 Å². The normalized spacial score (nSPS) is 21.2. The molecule has 0 saturated carbocycles. The largest absolute Gasteiger partial charge is 0.486 e. The van der Waals surface area contributed by atoms with Crippen LogP contribution in [0.4, 0.5) is 5.69 Å². The molecule has 0 N–H and O–H groups in total. The van der Waals surface area contributed by atoms with Gasteiger partial charge in [0.15, 0.2) is 11.5 Å². The van der Waals surface area contributed by atoms with E-state index >= 15 is 0 Å². The van der Waals surface area contributed by atoms with E-state index in [0.29, 0.717) is 44.3 Å². The van der Waals surface area contributed by atoms with Gasteiger partial charge in [-0.15, -0.1) is 0 Å². The molecule has 0 spiro atoms. The lowest BCUT2D eigenvalue weighted by Crippen LogP contribution is -2.50. The van der Waals surface area contributed by atoms with Crippen LogP contribution in [0.1, 0.15) is 17.5 Å². The Bertz CT molecular complexity index is 1020. The molecule has 1 unspecified atom stereocenters. The highest BCUT2D eigenvalue weighted by molar-refractivity contribution is 6.00. The summed E-state index contributed by atoms with van der Waals surface area (Å²) in [5.41, 5.74) is 3.40. The molecular weight excluding hydrogens is 406 g/mol. The predicted octanol–water partition coefficient (Wildman–Crippen LogP) is 2.46. The number of amides is 2. The highest BCUT2D eigenvalue weighted by Crippen LogP contribution is 2.36. The van der Waals surface area contributed by atoms with Crippen LogP contribution in [0.2, 0.25) is 0 Å². The van der Waals surface area contributed by atoms with Gasteiger partial charge in [0.05, 0.1) is 5.92 Å². The zero-order valence-corrected chi connectivity index (χ0v) is 18.5. The maximum absolute atomic E-state index is 13.2. The molecule has 2 fully saturated rings. The van der Waals surface area contributed by atoms with E-state index in [1.807, 2.05) is 23.1 Å². The Morgan fingerprint density at radius 1 is 1.00 bits per heavy atom. The molecule has 2 amide bonds. The minimum atomic E-state index is -0.293. The molecule has 0 aliphatic carbocycles. The lowest BCUT2D eigenvalue weighted by Gasteiger charge is -2.36. The van der Waals surface area contributed by atoms with Crippen molar-refractivity contribution >= 4 is 17.5 Å². The standard InChI is InChI=1S/C25H29N3O4/c1-18-4-2-3-5-19(18)16-26-8-10-27(11-9-26)25(30)20-14-24(29)28(17-20)21-6-7-22-23(15-21)32-13-12-31-22/h2-7,15,20H,8-14,16-17H2,1H3. The first-order valence-electron chi connectivity index (χ1n) is 11.3. The van der Waals surface area contributed by atoms with E-state index in [0.717, 1.165) is 25.3 Å². The molecule has 7 nitrogen and oxygen atoms in total. The van der Waals surface area contributed by atoms with Crippen molar-refractivity contribution in [2.75, 3.05) is 50.8 Å². The van der Waals surface area contributed by atoms with E-state index in [-0.39, 0.29) is 24.2 Å². The van der Waals surface area contributed by atoms with Gasteiger partial charge < -0.3 is 19.3 Å². The second-order valence-electron chi connectivity index (χ2n) is 8.76. The summed E-state index contributed by atoms with van der Waals surface area (Å²) in [5, 5.41) is 0. The smallest absolute Gasteiger partial charge is 0.228 e. The summed E-state index contributed by atoms with van der Waals surface area (Å²) >= 11 is 0. The van der Waals surface area contributed by atoms with Crippen molar-refractivity contribution in [2.24, 2.45) is 5.92 Å². The Balaban J connectivity index is 1.18. The maximum Gasteiger partial charge on any atom is 0.228 e. The molecule has 168 valence electrons. The van der Waals surface area contributed by atoms with Gasteiger partial charge in [-0.1, -0.05) is 24.3 Å². The van der Waals surface area contributed by atoms with Gasteiger partial charge in [-0.05, 0) is 30.2 Å². The summed E-state index contributed by atoms with van der Waals surface area (Å²) in [6, 6.07) is 14.0. The molecule has 5 rings (SSSR count). The molecular formula is C25H29N3O4. The zero-order chi connectivity index (χ0) is 22.1. The molecule has 3 heterocycles. The number of hydrogen-bond donors (Lipinski definition) is 0. The lowest BCUT2D eigenvalue weighted by atomic mass is 10.1. The quantitative estimate of drug-likeness (QED) is 0.738. The van der Waals surface area contributed by atoms with Crippen LogP contribution >= 0.6 is 0 Å². The number of fused-ring (bicyclic) bond motifs is 1. The number of ether oxygens (including phenoxy) is 2. The SMILES string of the molecule is Cc1ccccc1CN1CCN(C(=O)C2CC(=O)N(c3ccc4c(c3)OCCO4)C2)CC1. The van der Waals surface area contributed by atoms with Crippen molar-refractivity contribution in [1.82, 2.24) is 9.80 Å². The number of benzene rings is 2. The third-order valence-corrected chi connectivity index (χ3v) is 6.65. The summed E-state index contributed by atoms with van der Waals surface area (Å²) in [6.07, 6.45) is 0.261. The topological polar surface area (TPSA) is 62.3 Å². The number of anilines is 1. The molecule has 1 atom stereocenters.